The molecule has 0 saturated carbocycles. The van der Waals surface area contributed by atoms with Gasteiger partial charge in [0.1, 0.15) is 0 Å². The van der Waals surface area contributed by atoms with E-state index in [2.05, 4.69) is 55.0 Å². The maximum atomic E-state index is 4.50. The fourth-order valence-corrected chi connectivity index (χ4v) is 3.05. The van der Waals surface area contributed by atoms with Gasteiger partial charge in [0.2, 0.25) is 0 Å². The van der Waals surface area contributed by atoms with Gasteiger partial charge in [-0.15, -0.1) is 0 Å². The lowest BCUT2D eigenvalue weighted by atomic mass is 9.89. The summed E-state index contributed by atoms with van der Waals surface area (Å²) in [7, 11) is 0. The molecule has 112 valence electrons. The summed E-state index contributed by atoms with van der Waals surface area (Å²) in [4.78, 5) is 7.12. The Balaban J connectivity index is 2.07. The van der Waals surface area contributed by atoms with Crippen molar-refractivity contribution >= 4 is 0 Å². The molecule has 2 heterocycles. The number of hydrogen-bond acceptors (Lipinski definition) is 3. The first-order valence-electron chi connectivity index (χ1n) is 7.92. The highest BCUT2D eigenvalue weighted by molar-refractivity contribution is 5.06. The number of aromatic nitrogens is 1. The average molecular weight is 275 g/mol. The molecule has 20 heavy (non-hydrogen) atoms. The summed E-state index contributed by atoms with van der Waals surface area (Å²) in [5.41, 5.74) is 1.42. The van der Waals surface area contributed by atoms with Gasteiger partial charge < -0.3 is 5.32 Å². The van der Waals surface area contributed by atoms with Crippen LogP contribution >= 0.6 is 0 Å². The van der Waals surface area contributed by atoms with E-state index in [0.717, 1.165) is 25.6 Å². The maximum Gasteiger partial charge on any atom is 0.0544 e. The summed E-state index contributed by atoms with van der Waals surface area (Å²) in [6.45, 7) is 12.4. The van der Waals surface area contributed by atoms with E-state index < -0.39 is 0 Å². The van der Waals surface area contributed by atoms with Crippen molar-refractivity contribution in [2.75, 3.05) is 13.1 Å². The van der Waals surface area contributed by atoms with Crippen molar-refractivity contribution in [1.82, 2.24) is 15.2 Å². The van der Waals surface area contributed by atoms with Gasteiger partial charge in [-0.25, -0.2) is 0 Å². The summed E-state index contributed by atoms with van der Waals surface area (Å²) in [5, 5.41) is 3.75. The molecule has 0 aliphatic carbocycles. The van der Waals surface area contributed by atoms with E-state index in [1.54, 1.807) is 0 Å². The molecule has 0 aromatic carbocycles. The molecular formula is C17H29N3. The third-order valence-corrected chi connectivity index (χ3v) is 4.57. The summed E-state index contributed by atoms with van der Waals surface area (Å²) in [6.07, 6.45) is 4.31. The van der Waals surface area contributed by atoms with Crippen LogP contribution in [0.3, 0.4) is 0 Å². The van der Waals surface area contributed by atoms with Gasteiger partial charge in [0, 0.05) is 37.4 Å². The first-order chi connectivity index (χ1) is 9.53. The molecule has 0 bridgehead atoms. The average Bonchev–Trinajstić information content (AvgIpc) is 2.43. The van der Waals surface area contributed by atoms with Crippen molar-refractivity contribution in [3.63, 3.8) is 0 Å². The molecule has 1 saturated heterocycles. The first kappa shape index (κ1) is 15.5. The maximum absolute atomic E-state index is 4.50. The van der Waals surface area contributed by atoms with Crippen molar-refractivity contribution in [2.24, 2.45) is 5.92 Å². The van der Waals surface area contributed by atoms with Crippen LogP contribution in [-0.2, 0) is 6.54 Å². The van der Waals surface area contributed by atoms with Gasteiger partial charge in [-0.2, -0.15) is 0 Å². The Morgan fingerprint density at radius 1 is 1.45 bits per heavy atom. The van der Waals surface area contributed by atoms with E-state index in [0.29, 0.717) is 6.04 Å². The Hall–Kier alpha value is -0.930. The monoisotopic (exact) mass is 275 g/mol. The second kappa shape index (κ2) is 6.68. The van der Waals surface area contributed by atoms with Gasteiger partial charge >= 0.3 is 0 Å². The van der Waals surface area contributed by atoms with Gasteiger partial charge in [0.05, 0.1) is 5.69 Å². The number of pyridine rings is 1. The lowest BCUT2D eigenvalue weighted by Gasteiger charge is -2.48. The predicted octanol–water partition coefficient (Wildman–Crippen LogP) is 3.07. The van der Waals surface area contributed by atoms with Crippen LogP contribution in [-0.4, -0.2) is 34.6 Å². The molecule has 1 aliphatic heterocycles. The molecule has 2 atom stereocenters. The summed E-state index contributed by atoms with van der Waals surface area (Å²) in [5.74, 6) is 0.746. The van der Waals surface area contributed by atoms with E-state index in [4.69, 9.17) is 0 Å². The zero-order valence-electron chi connectivity index (χ0n) is 13.4. The van der Waals surface area contributed by atoms with Crippen LogP contribution in [0.2, 0.25) is 0 Å². The Kier molecular flexibility index (Phi) is 5.17. The molecule has 1 aliphatic rings. The molecule has 0 radical (unpaired) electrons. The van der Waals surface area contributed by atoms with Crippen molar-refractivity contribution in [3.8, 4) is 0 Å². The second-order valence-electron chi connectivity index (χ2n) is 6.76. The second-order valence-corrected chi connectivity index (χ2v) is 6.76. The third-order valence-electron chi connectivity index (χ3n) is 4.57. The molecule has 0 spiro atoms. The molecule has 1 aromatic rings. The molecule has 1 fully saturated rings. The highest BCUT2D eigenvalue weighted by Crippen LogP contribution is 2.26. The zero-order chi connectivity index (χ0) is 14.6. The molecule has 0 amide bonds. The normalized spacial score (nSPS) is 27.9. The van der Waals surface area contributed by atoms with Crippen LogP contribution in [0.4, 0.5) is 0 Å². The topological polar surface area (TPSA) is 28.2 Å². The number of nitrogens with one attached hydrogen (secondary N) is 1. The molecule has 2 rings (SSSR count). The molecule has 1 aromatic heterocycles. The Bertz CT molecular complexity index is 404. The Labute approximate surface area is 123 Å². The third kappa shape index (κ3) is 3.80. The standard InChI is InChI=1S/C17H29N3/c1-5-17(4)13-19-16(10-14(2)3)12-20(17)11-15-8-6-7-9-18-15/h6-9,14,16,19H,5,10-13H2,1-4H3. The quantitative estimate of drug-likeness (QED) is 0.895. The van der Waals surface area contributed by atoms with Crippen LogP contribution in [0.1, 0.15) is 46.2 Å². The number of hydrogen-bond donors (Lipinski definition) is 1. The highest BCUT2D eigenvalue weighted by Gasteiger charge is 2.36. The lowest BCUT2D eigenvalue weighted by Crippen LogP contribution is -2.62. The van der Waals surface area contributed by atoms with E-state index in [1.165, 1.54) is 18.5 Å². The van der Waals surface area contributed by atoms with E-state index in [-0.39, 0.29) is 5.54 Å². The zero-order valence-corrected chi connectivity index (χ0v) is 13.4. The van der Waals surface area contributed by atoms with Crippen LogP contribution in [0.25, 0.3) is 0 Å². The summed E-state index contributed by atoms with van der Waals surface area (Å²) >= 11 is 0. The number of rotatable bonds is 5. The van der Waals surface area contributed by atoms with Gasteiger partial charge in [0.15, 0.2) is 0 Å². The van der Waals surface area contributed by atoms with E-state index in [9.17, 15) is 0 Å². The lowest BCUT2D eigenvalue weighted by molar-refractivity contribution is 0.0362. The Morgan fingerprint density at radius 3 is 2.85 bits per heavy atom. The van der Waals surface area contributed by atoms with Crippen LogP contribution in [0, 0.1) is 5.92 Å². The fourth-order valence-electron chi connectivity index (χ4n) is 3.05. The van der Waals surface area contributed by atoms with Crippen molar-refractivity contribution < 1.29 is 0 Å². The Morgan fingerprint density at radius 2 is 2.25 bits per heavy atom. The summed E-state index contributed by atoms with van der Waals surface area (Å²) < 4.78 is 0. The number of nitrogens with zero attached hydrogens (tertiary/aromatic N) is 2. The minimum atomic E-state index is 0.241. The van der Waals surface area contributed by atoms with Gasteiger partial charge in [0.25, 0.3) is 0 Å². The fraction of sp³-hybridized carbons (Fsp3) is 0.706. The van der Waals surface area contributed by atoms with E-state index >= 15 is 0 Å². The van der Waals surface area contributed by atoms with Crippen LogP contribution < -0.4 is 5.32 Å². The van der Waals surface area contributed by atoms with Crippen molar-refractivity contribution in [3.05, 3.63) is 30.1 Å². The van der Waals surface area contributed by atoms with Gasteiger partial charge in [-0.05, 0) is 37.8 Å². The van der Waals surface area contributed by atoms with Crippen LogP contribution in [0.5, 0.6) is 0 Å². The first-order valence-corrected chi connectivity index (χ1v) is 7.92. The van der Waals surface area contributed by atoms with Crippen molar-refractivity contribution in [1.29, 1.82) is 0 Å². The van der Waals surface area contributed by atoms with Gasteiger partial charge in [-0.3, -0.25) is 9.88 Å². The summed E-state index contributed by atoms with van der Waals surface area (Å²) in [6, 6.07) is 6.81. The molecular weight excluding hydrogens is 246 g/mol. The molecule has 1 N–H and O–H groups in total. The van der Waals surface area contributed by atoms with E-state index in [1.807, 2.05) is 12.3 Å². The number of piperazine rings is 1. The molecule has 3 heteroatoms. The minimum Gasteiger partial charge on any atom is -0.311 e. The molecule has 2 unspecified atom stereocenters. The SMILES string of the molecule is CCC1(C)CNC(CC(C)C)CN1Cc1ccccn1. The van der Waals surface area contributed by atoms with Crippen molar-refractivity contribution in [2.45, 2.75) is 58.7 Å². The largest absolute Gasteiger partial charge is 0.311 e. The minimum absolute atomic E-state index is 0.241. The smallest absolute Gasteiger partial charge is 0.0544 e. The molecule has 3 nitrogen and oxygen atoms in total. The highest BCUT2D eigenvalue weighted by atomic mass is 15.3. The van der Waals surface area contributed by atoms with Gasteiger partial charge in [-0.1, -0.05) is 26.8 Å². The predicted molar refractivity (Wildman–Crippen MR) is 84.6 cm³/mol. The van der Waals surface area contributed by atoms with Crippen LogP contribution in [0.15, 0.2) is 24.4 Å².